The molecule has 100 valence electrons. The second-order valence-corrected chi connectivity index (χ2v) is 4.12. The minimum Gasteiger partial charge on any atom is -0.0885 e. The lowest BCUT2D eigenvalue weighted by atomic mass is 10.2. The highest BCUT2D eigenvalue weighted by Crippen LogP contribution is 1.95. The van der Waals surface area contributed by atoms with E-state index in [1.807, 2.05) is 0 Å². The molecule has 0 bridgehead atoms. The molecule has 0 saturated heterocycles. The minimum absolute atomic E-state index is 1.05. The Labute approximate surface area is 113 Å². The molecular formula is C18H28. The highest BCUT2D eigenvalue weighted by atomic mass is 13.8. The first-order chi connectivity index (χ1) is 8.91. The molecule has 0 aliphatic heterocycles. The standard InChI is InChI=1S/C18H28/c1-3-5-7-9-11-13-15-17-18-16-14-12-10-8-6-4-2/h5-8,11-14,17-18H,3-4,9-10,15-16H2,1-2H3/b7-5+,8-6+,13-11+,14-12+,18-17+. The summed E-state index contributed by atoms with van der Waals surface area (Å²) in [5, 5.41) is 0. The average molecular weight is 244 g/mol. The number of rotatable bonds is 10. The fourth-order valence-electron chi connectivity index (χ4n) is 1.42. The van der Waals surface area contributed by atoms with Gasteiger partial charge in [0.25, 0.3) is 0 Å². The molecule has 0 saturated carbocycles. The van der Waals surface area contributed by atoms with Crippen LogP contribution in [-0.4, -0.2) is 0 Å². The van der Waals surface area contributed by atoms with Gasteiger partial charge in [0.15, 0.2) is 0 Å². The largest absolute Gasteiger partial charge is 0.0885 e. The summed E-state index contributed by atoms with van der Waals surface area (Å²) in [4.78, 5) is 0. The molecule has 0 aromatic rings. The van der Waals surface area contributed by atoms with Crippen LogP contribution in [0, 0.1) is 0 Å². The zero-order valence-electron chi connectivity index (χ0n) is 12.0. The summed E-state index contributed by atoms with van der Waals surface area (Å²) in [6, 6.07) is 0. The van der Waals surface area contributed by atoms with Crippen molar-refractivity contribution in [1.82, 2.24) is 0 Å². The van der Waals surface area contributed by atoms with E-state index in [-0.39, 0.29) is 0 Å². The molecule has 0 radical (unpaired) electrons. The van der Waals surface area contributed by atoms with Crippen molar-refractivity contribution in [2.75, 3.05) is 0 Å². The number of allylic oxidation sites excluding steroid dienone is 10. The molecule has 0 N–H and O–H groups in total. The normalized spacial score (nSPS) is 13.2. The zero-order chi connectivity index (χ0) is 13.3. The smallest absolute Gasteiger partial charge is 0.0169 e. The predicted octanol–water partition coefficient (Wildman–Crippen LogP) is 6.15. The molecule has 0 atom stereocenters. The Hall–Kier alpha value is -1.30. The topological polar surface area (TPSA) is 0 Å². The van der Waals surface area contributed by atoms with Gasteiger partial charge in [0.2, 0.25) is 0 Å². The summed E-state index contributed by atoms with van der Waals surface area (Å²) in [5.74, 6) is 0. The monoisotopic (exact) mass is 244 g/mol. The lowest BCUT2D eigenvalue weighted by Gasteiger charge is -1.85. The maximum atomic E-state index is 2.23. The highest BCUT2D eigenvalue weighted by Gasteiger charge is 1.74. The summed E-state index contributed by atoms with van der Waals surface area (Å²) in [7, 11) is 0. The van der Waals surface area contributed by atoms with Crippen molar-refractivity contribution in [3.05, 3.63) is 60.8 Å². The van der Waals surface area contributed by atoms with Crippen molar-refractivity contribution >= 4 is 0 Å². The van der Waals surface area contributed by atoms with Crippen LogP contribution in [0.4, 0.5) is 0 Å². The zero-order valence-corrected chi connectivity index (χ0v) is 12.0. The second-order valence-electron chi connectivity index (χ2n) is 4.12. The molecule has 0 aliphatic rings. The fourth-order valence-corrected chi connectivity index (χ4v) is 1.42. The van der Waals surface area contributed by atoms with Crippen molar-refractivity contribution < 1.29 is 0 Å². The van der Waals surface area contributed by atoms with E-state index in [1.54, 1.807) is 0 Å². The molecule has 0 heteroatoms. The Bertz CT molecular complexity index is 257. The Morgan fingerprint density at radius 3 is 0.833 bits per heavy atom. The Balaban J connectivity index is 3.42. The van der Waals surface area contributed by atoms with Gasteiger partial charge in [-0.25, -0.2) is 0 Å². The summed E-state index contributed by atoms with van der Waals surface area (Å²) in [5.41, 5.74) is 0. The van der Waals surface area contributed by atoms with E-state index < -0.39 is 0 Å². The maximum Gasteiger partial charge on any atom is -0.0169 e. The summed E-state index contributed by atoms with van der Waals surface area (Å²) >= 11 is 0. The van der Waals surface area contributed by atoms with Gasteiger partial charge in [0.1, 0.15) is 0 Å². The van der Waals surface area contributed by atoms with Gasteiger partial charge in [-0.2, -0.15) is 0 Å². The SMILES string of the molecule is CC/C=C/C/C=C/C/C=C/C/C=C/C/C=C/CC. The van der Waals surface area contributed by atoms with Gasteiger partial charge in [-0.3, -0.25) is 0 Å². The van der Waals surface area contributed by atoms with Crippen LogP contribution in [0.2, 0.25) is 0 Å². The van der Waals surface area contributed by atoms with E-state index in [1.165, 1.54) is 0 Å². The van der Waals surface area contributed by atoms with Crippen LogP contribution < -0.4 is 0 Å². The molecule has 0 spiro atoms. The van der Waals surface area contributed by atoms with E-state index in [2.05, 4.69) is 74.6 Å². The van der Waals surface area contributed by atoms with Crippen LogP contribution >= 0.6 is 0 Å². The van der Waals surface area contributed by atoms with Gasteiger partial charge in [0.05, 0.1) is 0 Å². The number of hydrogen-bond acceptors (Lipinski definition) is 0. The fraction of sp³-hybridized carbons (Fsp3) is 0.444. The summed E-state index contributed by atoms with van der Waals surface area (Å²) < 4.78 is 0. The average Bonchev–Trinajstić information content (AvgIpc) is 2.39. The lowest BCUT2D eigenvalue weighted by molar-refractivity contribution is 1.19. The molecule has 0 aromatic heterocycles. The Morgan fingerprint density at radius 1 is 0.389 bits per heavy atom. The van der Waals surface area contributed by atoms with Crippen LogP contribution in [0.25, 0.3) is 0 Å². The lowest BCUT2D eigenvalue weighted by Crippen LogP contribution is -1.64. The first kappa shape index (κ1) is 16.7. The van der Waals surface area contributed by atoms with Crippen molar-refractivity contribution in [1.29, 1.82) is 0 Å². The third-order valence-electron chi connectivity index (χ3n) is 2.39. The Kier molecular flexibility index (Phi) is 14.6. The van der Waals surface area contributed by atoms with Gasteiger partial charge < -0.3 is 0 Å². The molecule has 0 amide bonds. The molecule has 0 nitrogen and oxygen atoms in total. The van der Waals surface area contributed by atoms with E-state index in [0.29, 0.717) is 0 Å². The van der Waals surface area contributed by atoms with Gasteiger partial charge in [-0.05, 0) is 38.5 Å². The van der Waals surface area contributed by atoms with Gasteiger partial charge in [-0.1, -0.05) is 74.6 Å². The number of hydrogen-bond donors (Lipinski definition) is 0. The summed E-state index contributed by atoms with van der Waals surface area (Å²) in [6.07, 6.45) is 28.7. The van der Waals surface area contributed by atoms with Crippen LogP contribution in [-0.2, 0) is 0 Å². The molecule has 0 rings (SSSR count). The Morgan fingerprint density at radius 2 is 0.611 bits per heavy atom. The third-order valence-corrected chi connectivity index (χ3v) is 2.39. The molecule has 18 heavy (non-hydrogen) atoms. The molecular weight excluding hydrogens is 216 g/mol. The van der Waals surface area contributed by atoms with Crippen molar-refractivity contribution in [2.45, 2.75) is 52.4 Å². The second kappa shape index (κ2) is 15.7. The first-order valence-corrected chi connectivity index (χ1v) is 7.16. The van der Waals surface area contributed by atoms with Crippen molar-refractivity contribution in [2.24, 2.45) is 0 Å². The summed E-state index contributed by atoms with van der Waals surface area (Å²) in [6.45, 7) is 4.32. The van der Waals surface area contributed by atoms with Crippen molar-refractivity contribution in [3.8, 4) is 0 Å². The maximum absolute atomic E-state index is 2.23. The minimum atomic E-state index is 1.05. The van der Waals surface area contributed by atoms with Gasteiger partial charge >= 0.3 is 0 Å². The van der Waals surface area contributed by atoms with E-state index in [4.69, 9.17) is 0 Å². The molecule has 0 heterocycles. The van der Waals surface area contributed by atoms with Gasteiger partial charge in [0, 0.05) is 0 Å². The van der Waals surface area contributed by atoms with Gasteiger partial charge in [-0.15, -0.1) is 0 Å². The molecule has 0 aromatic carbocycles. The molecule has 0 aliphatic carbocycles. The quantitative estimate of drug-likeness (QED) is 0.404. The van der Waals surface area contributed by atoms with E-state index in [9.17, 15) is 0 Å². The van der Waals surface area contributed by atoms with E-state index in [0.717, 1.165) is 38.5 Å². The molecule has 0 unspecified atom stereocenters. The van der Waals surface area contributed by atoms with Crippen LogP contribution in [0.15, 0.2) is 60.8 Å². The highest BCUT2D eigenvalue weighted by molar-refractivity contribution is 5.00. The van der Waals surface area contributed by atoms with E-state index >= 15 is 0 Å². The molecule has 0 fully saturated rings. The third kappa shape index (κ3) is 14.7. The first-order valence-electron chi connectivity index (χ1n) is 7.16. The van der Waals surface area contributed by atoms with Crippen molar-refractivity contribution in [3.63, 3.8) is 0 Å². The van der Waals surface area contributed by atoms with Crippen LogP contribution in [0.5, 0.6) is 0 Å². The van der Waals surface area contributed by atoms with Crippen LogP contribution in [0.3, 0.4) is 0 Å². The van der Waals surface area contributed by atoms with Crippen LogP contribution in [0.1, 0.15) is 52.4 Å². The predicted molar refractivity (Wildman–Crippen MR) is 84.8 cm³/mol.